The second-order valence-corrected chi connectivity index (χ2v) is 8.39. The van der Waals surface area contributed by atoms with Crippen LogP contribution in [0.4, 0.5) is 14.9 Å². The SMILES string of the molecule is CCOc1cc(/C=C2\C(=O)NC(=O)N(c3cc(Cl)ccc3C)C2=O)ccc1Cc1ccccc1F. The summed E-state index contributed by atoms with van der Waals surface area (Å²) in [6, 6.07) is 15.6. The lowest BCUT2D eigenvalue weighted by Crippen LogP contribution is -2.54. The Morgan fingerprint density at radius 2 is 1.80 bits per heavy atom. The van der Waals surface area contributed by atoms with Gasteiger partial charge in [0.2, 0.25) is 0 Å². The smallest absolute Gasteiger partial charge is 0.335 e. The molecule has 1 N–H and O–H groups in total. The van der Waals surface area contributed by atoms with Crippen molar-refractivity contribution in [3.05, 3.63) is 99.3 Å². The number of halogens is 2. The second-order valence-electron chi connectivity index (χ2n) is 7.96. The van der Waals surface area contributed by atoms with Gasteiger partial charge < -0.3 is 4.74 Å². The van der Waals surface area contributed by atoms with Crippen LogP contribution in [-0.2, 0) is 16.0 Å². The first-order valence-corrected chi connectivity index (χ1v) is 11.3. The molecule has 3 aromatic carbocycles. The molecule has 0 saturated carbocycles. The number of aryl methyl sites for hydroxylation is 1. The van der Waals surface area contributed by atoms with Crippen LogP contribution in [0.5, 0.6) is 5.75 Å². The predicted octanol–water partition coefficient (Wildman–Crippen LogP) is 5.44. The predicted molar refractivity (Wildman–Crippen MR) is 132 cm³/mol. The number of imide groups is 2. The van der Waals surface area contributed by atoms with Crippen LogP contribution >= 0.6 is 11.6 Å². The van der Waals surface area contributed by atoms with Crippen molar-refractivity contribution in [3.63, 3.8) is 0 Å². The Labute approximate surface area is 207 Å². The number of hydrogen-bond acceptors (Lipinski definition) is 4. The highest BCUT2D eigenvalue weighted by atomic mass is 35.5. The first-order valence-electron chi connectivity index (χ1n) is 10.9. The normalized spacial score (nSPS) is 14.9. The van der Waals surface area contributed by atoms with Gasteiger partial charge in [-0.25, -0.2) is 14.1 Å². The minimum absolute atomic E-state index is 0.215. The van der Waals surface area contributed by atoms with Gasteiger partial charge in [0.1, 0.15) is 17.1 Å². The van der Waals surface area contributed by atoms with Crippen molar-refractivity contribution in [1.29, 1.82) is 0 Å². The van der Waals surface area contributed by atoms with Crippen molar-refractivity contribution >= 4 is 41.2 Å². The molecule has 0 unspecified atom stereocenters. The molecule has 35 heavy (non-hydrogen) atoms. The minimum atomic E-state index is -0.849. The summed E-state index contributed by atoms with van der Waals surface area (Å²) in [4.78, 5) is 39.2. The number of barbiturate groups is 1. The van der Waals surface area contributed by atoms with E-state index in [0.29, 0.717) is 40.5 Å². The quantitative estimate of drug-likeness (QED) is 0.367. The van der Waals surface area contributed by atoms with Crippen molar-refractivity contribution in [1.82, 2.24) is 5.32 Å². The fourth-order valence-electron chi connectivity index (χ4n) is 3.81. The van der Waals surface area contributed by atoms with E-state index < -0.39 is 17.8 Å². The standard InChI is InChI=1S/C27H22ClFN2O4/c1-3-35-24-13-17(9-10-19(24)14-18-6-4-5-7-22(18)29)12-21-25(32)30-27(34)31(26(21)33)23-15-20(28)11-8-16(23)2/h4-13,15H,3,14H2,1-2H3,(H,30,32,34)/b21-12+. The van der Waals surface area contributed by atoms with Gasteiger partial charge >= 0.3 is 6.03 Å². The van der Waals surface area contributed by atoms with Crippen LogP contribution in [-0.4, -0.2) is 24.5 Å². The van der Waals surface area contributed by atoms with Crippen LogP contribution in [0.15, 0.2) is 66.2 Å². The maximum Gasteiger partial charge on any atom is 0.335 e. The third kappa shape index (κ3) is 5.10. The lowest BCUT2D eigenvalue weighted by atomic mass is 10.00. The van der Waals surface area contributed by atoms with Crippen molar-refractivity contribution in [2.45, 2.75) is 20.3 Å². The topological polar surface area (TPSA) is 75.7 Å². The van der Waals surface area contributed by atoms with Gasteiger partial charge in [-0.15, -0.1) is 0 Å². The van der Waals surface area contributed by atoms with Crippen molar-refractivity contribution in [3.8, 4) is 5.75 Å². The summed E-state index contributed by atoms with van der Waals surface area (Å²) in [6.45, 7) is 3.93. The maximum absolute atomic E-state index is 14.2. The van der Waals surface area contributed by atoms with Gasteiger partial charge in [0, 0.05) is 11.4 Å². The van der Waals surface area contributed by atoms with Gasteiger partial charge in [-0.3, -0.25) is 14.9 Å². The van der Waals surface area contributed by atoms with E-state index in [1.165, 1.54) is 18.2 Å². The number of benzene rings is 3. The van der Waals surface area contributed by atoms with E-state index in [1.807, 2.05) is 6.92 Å². The summed E-state index contributed by atoms with van der Waals surface area (Å²) in [5.41, 5.74) is 2.50. The number of carbonyl (C=O) groups is 3. The average molecular weight is 493 g/mol. The summed E-state index contributed by atoms with van der Waals surface area (Å²) in [5, 5.41) is 2.56. The molecular formula is C27H22ClFN2O4. The van der Waals surface area contributed by atoms with Gasteiger partial charge in [0.05, 0.1) is 12.3 Å². The highest BCUT2D eigenvalue weighted by molar-refractivity contribution is 6.39. The third-order valence-corrected chi connectivity index (χ3v) is 5.79. The molecule has 3 aromatic rings. The van der Waals surface area contributed by atoms with E-state index in [-0.39, 0.29) is 17.1 Å². The molecule has 178 valence electrons. The van der Waals surface area contributed by atoms with Crippen molar-refractivity contribution in [2.24, 2.45) is 0 Å². The van der Waals surface area contributed by atoms with Crippen LogP contribution in [0.3, 0.4) is 0 Å². The zero-order valence-electron chi connectivity index (χ0n) is 19.1. The molecule has 1 saturated heterocycles. The van der Waals surface area contributed by atoms with Crippen LogP contribution in [0.1, 0.15) is 29.2 Å². The number of urea groups is 1. The van der Waals surface area contributed by atoms with E-state index >= 15 is 0 Å². The lowest BCUT2D eigenvalue weighted by Gasteiger charge is -2.27. The molecule has 0 aliphatic carbocycles. The summed E-state index contributed by atoms with van der Waals surface area (Å²) < 4.78 is 19.9. The molecule has 1 aliphatic heterocycles. The Morgan fingerprint density at radius 1 is 1.03 bits per heavy atom. The summed E-state index contributed by atoms with van der Waals surface area (Å²) in [7, 11) is 0. The Balaban J connectivity index is 1.70. The van der Waals surface area contributed by atoms with Crippen molar-refractivity contribution < 1.29 is 23.5 Å². The number of hydrogen-bond donors (Lipinski definition) is 1. The number of ether oxygens (including phenoxy) is 1. The van der Waals surface area contributed by atoms with Gasteiger partial charge in [-0.2, -0.15) is 0 Å². The molecule has 0 bridgehead atoms. The first kappa shape index (κ1) is 24.2. The van der Waals surface area contributed by atoms with E-state index in [0.717, 1.165) is 10.5 Å². The molecule has 1 aliphatic rings. The monoisotopic (exact) mass is 492 g/mol. The number of amides is 4. The molecule has 0 atom stereocenters. The third-order valence-electron chi connectivity index (χ3n) is 5.55. The molecule has 1 fully saturated rings. The van der Waals surface area contributed by atoms with Gasteiger partial charge in [-0.1, -0.05) is 48.0 Å². The first-order chi connectivity index (χ1) is 16.8. The lowest BCUT2D eigenvalue weighted by molar-refractivity contribution is -0.122. The molecule has 1 heterocycles. The summed E-state index contributed by atoms with van der Waals surface area (Å²) in [5.74, 6) is -1.37. The molecule has 0 spiro atoms. The molecule has 6 nitrogen and oxygen atoms in total. The average Bonchev–Trinajstić information content (AvgIpc) is 2.82. The molecule has 4 rings (SSSR count). The van der Waals surface area contributed by atoms with E-state index in [9.17, 15) is 18.8 Å². The molecule has 8 heteroatoms. The van der Waals surface area contributed by atoms with E-state index in [4.69, 9.17) is 16.3 Å². The summed E-state index contributed by atoms with van der Waals surface area (Å²) >= 11 is 6.07. The fraction of sp³-hybridized carbons (Fsp3) is 0.148. The van der Waals surface area contributed by atoms with Crippen LogP contribution in [0.25, 0.3) is 6.08 Å². The minimum Gasteiger partial charge on any atom is -0.494 e. The molecule has 0 radical (unpaired) electrons. The van der Waals surface area contributed by atoms with Gasteiger partial charge in [0.25, 0.3) is 11.8 Å². The molecular weight excluding hydrogens is 471 g/mol. The molecule has 0 aromatic heterocycles. The number of nitrogens with zero attached hydrogens (tertiary/aromatic N) is 1. The van der Waals surface area contributed by atoms with Gasteiger partial charge in [-0.05, 0) is 66.4 Å². The second kappa shape index (κ2) is 10.1. The summed E-state index contributed by atoms with van der Waals surface area (Å²) in [6.07, 6.45) is 1.71. The number of anilines is 1. The van der Waals surface area contributed by atoms with Crippen LogP contribution in [0.2, 0.25) is 5.02 Å². The van der Waals surface area contributed by atoms with Gasteiger partial charge in [0.15, 0.2) is 0 Å². The zero-order valence-corrected chi connectivity index (χ0v) is 19.9. The molecule has 4 amide bonds. The zero-order chi connectivity index (χ0) is 25.1. The number of rotatable bonds is 6. The van der Waals surface area contributed by atoms with E-state index in [1.54, 1.807) is 55.5 Å². The number of nitrogens with one attached hydrogen (secondary N) is 1. The van der Waals surface area contributed by atoms with Crippen LogP contribution < -0.4 is 15.0 Å². The fourth-order valence-corrected chi connectivity index (χ4v) is 3.98. The largest absolute Gasteiger partial charge is 0.494 e. The highest BCUT2D eigenvalue weighted by Crippen LogP contribution is 2.29. The Kier molecular flexibility index (Phi) is 6.98. The number of carbonyl (C=O) groups excluding carboxylic acids is 3. The Hall–Kier alpha value is -3.97. The Bertz CT molecular complexity index is 1370. The van der Waals surface area contributed by atoms with Crippen LogP contribution in [0, 0.1) is 12.7 Å². The highest BCUT2D eigenvalue weighted by Gasteiger charge is 2.37. The maximum atomic E-state index is 14.2. The van der Waals surface area contributed by atoms with Crippen molar-refractivity contribution in [2.75, 3.05) is 11.5 Å². The Morgan fingerprint density at radius 3 is 2.54 bits per heavy atom. The van der Waals surface area contributed by atoms with E-state index in [2.05, 4.69) is 5.32 Å².